The van der Waals surface area contributed by atoms with Gasteiger partial charge in [-0.1, -0.05) is 30.1 Å². The maximum Gasteiger partial charge on any atom is 0.129 e. The van der Waals surface area contributed by atoms with Crippen LogP contribution in [-0.4, -0.2) is 31.1 Å². The average Bonchev–Trinajstić information content (AvgIpc) is 2.40. The Morgan fingerprint density at radius 2 is 1.85 bits per heavy atom. The maximum absolute atomic E-state index is 14.0. The summed E-state index contributed by atoms with van der Waals surface area (Å²) in [6.45, 7) is 5.71. The van der Waals surface area contributed by atoms with E-state index in [-0.39, 0.29) is 36.7 Å². The van der Waals surface area contributed by atoms with E-state index in [9.17, 15) is 4.39 Å². The molecule has 0 saturated carbocycles. The van der Waals surface area contributed by atoms with Gasteiger partial charge in [-0.3, -0.25) is 4.90 Å². The molecule has 1 N–H and O–H groups in total. The molecule has 116 valence electrons. The highest BCUT2D eigenvalue weighted by Crippen LogP contribution is 2.36. The van der Waals surface area contributed by atoms with Gasteiger partial charge in [0.05, 0.1) is 10.0 Å². The predicted octanol–water partition coefficient (Wildman–Crippen LogP) is 4.33. The van der Waals surface area contributed by atoms with Crippen LogP contribution < -0.4 is 5.32 Å². The molecule has 0 radical (unpaired) electrons. The van der Waals surface area contributed by atoms with Crippen LogP contribution in [0.4, 0.5) is 4.39 Å². The van der Waals surface area contributed by atoms with Gasteiger partial charge in [0.25, 0.3) is 0 Å². The Hall–Kier alpha value is 0.230. The highest BCUT2D eigenvalue weighted by molar-refractivity contribution is 6.42. The highest BCUT2D eigenvalue weighted by atomic mass is 35.5. The molecule has 1 atom stereocenters. The summed E-state index contributed by atoms with van der Waals surface area (Å²) in [5.41, 5.74) is 0.536. The first-order valence-electron chi connectivity index (χ1n) is 6.23. The molecular formula is C13H19Cl4FN2. The lowest BCUT2D eigenvalue weighted by atomic mass is 10.0. The Morgan fingerprint density at radius 3 is 2.40 bits per heavy atom. The molecule has 0 unspecified atom stereocenters. The van der Waals surface area contributed by atoms with E-state index in [4.69, 9.17) is 23.2 Å². The quantitative estimate of drug-likeness (QED) is 0.804. The van der Waals surface area contributed by atoms with Gasteiger partial charge < -0.3 is 5.32 Å². The van der Waals surface area contributed by atoms with Crippen LogP contribution in [-0.2, 0) is 0 Å². The van der Waals surface area contributed by atoms with Crippen LogP contribution in [0.2, 0.25) is 10.0 Å². The molecule has 2 rings (SSSR count). The Kier molecular flexibility index (Phi) is 9.40. The summed E-state index contributed by atoms with van der Waals surface area (Å²) in [6.07, 6.45) is 0.816. The van der Waals surface area contributed by atoms with Crippen molar-refractivity contribution in [1.82, 2.24) is 10.2 Å². The van der Waals surface area contributed by atoms with Crippen molar-refractivity contribution in [3.8, 4) is 0 Å². The second-order valence-corrected chi connectivity index (χ2v) is 5.25. The Bertz CT molecular complexity index is 425. The largest absolute Gasteiger partial charge is 0.314 e. The summed E-state index contributed by atoms with van der Waals surface area (Å²) in [4.78, 5) is 2.26. The summed E-state index contributed by atoms with van der Waals surface area (Å²) in [5.74, 6) is -0.269. The van der Waals surface area contributed by atoms with E-state index in [1.54, 1.807) is 0 Å². The molecule has 20 heavy (non-hydrogen) atoms. The predicted molar refractivity (Wildman–Crippen MR) is 88.4 cm³/mol. The zero-order chi connectivity index (χ0) is 13.1. The fourth-order valence-corrected chi connectivity index (χ4v) is 2.93. The lowest BCUT2D eigenvalue weighted by Gasteiger charge is -2.35. The van der Waals surface area contributed by atoms with Crippen LogP contribution in [0.3, 0.4) is 0 Å². The van der Waals surface area contributed by atoms with Crippen molar-refractivity contribution in [3.05, 3.63) is 33.6 Å². The lowest BCUT2D eigenvalue weighted by molar-refractivity contribution is 0.166. The number of nitrogens with one attached hydrogen (secondary N) is 1. The van der Waals surface area contributed by atoms with Crippen molar-refractivity contribution in [2.45, 2.75) is 19.4 Å². The summed E-state index contributed by atoms with van der Waals surface area (Å²) in [7, 11) is 0. The smallest absolute Gasteiger partial charge is 0.129 e. The number of nitrogens with zero attached hydrogens (tertiary/aromatic N) is 1. The van der Waals surface area contributed by atoms with Crippen molar-refractivity contribution in [2.75, 3.05) is 26.2 Å². The van der Waals surface area contributed by atoms with Crippen LogP contribution in [0.25, 0.3) is 0 Å². The van der Waals surface area contributed by atoms with Gasteiger partial charge in [-0.25, -0.2) is 4.39 Å². The lowest BCUT2D eigenvalue weighted by Crippen LogP contribution is -2.45. The Labute approximate surface area is 141 Å². The summed E-state index contributed by atoms with van der Waals surface area (Å²) in [6, 6.07) is 2.90. The summed E-state index contributed by atoms with van der Waals surface area (Å²) in [5, 5.41) is 4.06. The van der Waals surface area contributed by atoms with Crippen molar-refractivity contribution in [3.63, 3.8) is 0 Å². The van der Waals surface area contributed by atoms with E-state index < -0.39 is 0 Å². The standard InChI is InChI=1S/C13H17Cl2FN2.2ClH/c1-2-11(18-7-5-17-6-8-18)12-10(16)4-3-9(14)13(12)15;;/h3-4,11,17H,2,5-8H2,1H3;2*1H/t11-;;/m1../s1. The third-order valence-corrected chi connectivity index (χ3v) is 4.21. The van der Waals surface area contributed by atoms with Crippen LogP contribution in [0.15, 0.2) is 12.1 Å². The van der Waals surface area contributed by atoms with Gasteiger partial charge in [-0.05, 0) is 18.6 Å². The first kappa shape index (κ1) is 20.2. The van der Waals surface area contributed by atoms with Gasteiger partial charge in [0, 0.05) is 37.8 Å². The molecule has 1 aromatic rings. The van der Waals surface area contributed by atoms with E-state index in [1.807, 2.05) is 6.92 Å². The molecule has 0 spiro atoms. The molecule has 0 aliphatic carbocycles. The van der Waals surface area contributed by atoms with Gasteiger partial charge in [0.15, 0.2) is 0 Å². The van der Waals surface area contributed by atoms with Crippen molar-refractivity contribution in [1.29, 1.82) is 0 Å². The Balaban J connectivity index is 0.00000180. The normalized spacial score (nSPS) is 17.0. The summed E-state index contributed by atoms with van der Waals surface area (Å²) < 4.78 is 14.0. The van der Waals surface area contributed by atoms with Gasteiger partial charge in [0.2, 0.25) is 0 Å². The van der Waals surface area contributed by atoms with E-state index in [1.165, 1.54) is 12.1 Å². The van der Waals surface area contributed by atoms with Crippen molar-refractivity contribution < 1.29 is 4.39 Å². The topological polar surface area (TPSA) is 15.3 Å². The van der Waals surface area contributed by atoms with Crippen LogP contribution in [0.5, 0.6) is 0 Å². The molecule has 1 aromatic carbocycles. The molecule has 1 aliphatic rings. The molecule has 1 aliphatic heterocycles. The number of rotatable bonds is 3. The third-order valence-electron chi connectivity index (χ3n) is 3.39. The molecule has 1 fully saturated rings. The number of piperazine rings is 1. The fourth-order valence-electron chi connectivity index (χ4n) is 2.49. The molecule has 1 saturated heterocycles. The van der Waals surface area contributed by atoms with Gasteiger partial charge in [0.1, 0.15) is 5.82 Å². The SMILES string of the molecule is CC[C@H](c1c(F)ccc(Cl)c1Cl)N1CCNCC1.Cl.Cl. The molecule has 1 heterocycles. The van der Waals surface area contributed by atoms with Crippen LogP contribution in [0, 0.1) is 5.82 Å². The molecule has 7 heteroatoms. The van der Waals surface area contributed by atoms with Crippen molar-refractivity contribution >= 4 is 48.0 Å². The maximum atomic E-state index is 14.0. The molecule has 0 amide bonds. The first-order chi connectivity index (χ1) is 8.65. The van der Waals surface area contributed by atoms with E-state index in [0.717, 1.165) is 32.6 Å². The summed E-state index contributed by atoms with van der Waals surface area (Å²) >= 11 is 12.2. The first-order valence-corrected chi connectivity index (χ1v) is 6.99. The Morgan fingerprint density at radius 1 is 1.25 bits per heavy atom. The minimum Gasteiger partial charge on any atom is -0.314 e. The second kappa shape index (κ2) is 9.29. The number of hydrogen-bond acceptors (Lipinski definition) is 2. The molecule has 2 nitrogen and oxygen atoms in total. The van der Waals surface area contributed by atoms with E-state index in [0.29, 0.717) is 15.6 Å². The minimum absolute atomic E-state index is 0. The average molecular weight is 364 g/mol. The molecule has 0 aromatic heterocycles. The number of halogens is 5. The van der Waals surface area contributed by atoms with Crippen molar-refractivity contribution in [2.24, 2.45) is 0 Å². The fraction of sp³-hybridized carbons (Fsp3) is 0.538. The molecular weight excluding hydrogens is 345 g/mol. The number of benzene rings is 1. The minimum atomic E-state index is -0.269. The van der Waals surface area contributed by atoms with Crippen LogP contribution >= 0.6 is 48.0 Å². The second-order valence-electron chi connectivity index (χ2n) is 4.47. The van der Waals surface area contributed by atoms with Crippen LogP contribution in [0.1, 0.15) is 24.9 Å². The van der Waals surface area contributed by atoms with Gasteiger partial charge in [-0.2, -0.15) is 0 Å². The van der Waals surface area contributed by atoms with E-state index >= 15 is 0 Å². The van der Waals surface area contributed by atoms with Gasteiger partial charge >= 0.3 is 0 Å². The highest BCUT2D eigenvalue weighted by Gasteiger charge is 2.26. The zero-order valence-electron chi connectivity index (χ0n) is 11.2. The third kappa shape index (κ3) is 4.36. The molecule has 0 bridgehead atoms. The zero-order valence-corrected chi connectivity index (χ0v) is 14.3. The monoisotopic (exact) mass is 362 g/mol. The van der Waals surface area contributed by atoms with Gasteiger partial charge in [-0.15, -0.1) is 24.8 Å². The van der Waals surface area contributed by atoms with E-state index in [2.05, 4.69) is 10.2 Å². The number of hydrogen-bond donors (Lipinski definition) is 1.